The molecule has 0 heterocycles. The van der Waals surface area contributed by atoms with Crippen molar-refractivity contribution >= 4 is 27.1 Å². The number of ether oxygens (including phenoxy) is 1. The number of alkyl halides is 1. The van der Waals surface area contributed by atoms with Crippen LogP contribution in [0.2, 0.25) is 0 Å². The van der Waals surface area contributed by atoms with E-state index in [0.29, 0.717) is 6.61 Å². The van der Waals surface area contributed by atoms with Gasteiger partial charge in [0.15, 0.2) is 0 Å². The lowest BCUT2D eigenvalue weighted by Crippen LogP contribution is -2.03. The van der Waals surface area contributed by atoms with Crippen LogP contribution < -0.4 is 4.74 Å². The molecule has 0 saturated carbocycles. The van der Waals surface area contributed by atoms with Crippen LogP contribution in [0.1, 0.15) is 28.7 Å². The lowest BCUT2D eigenvalue weighted by Gasteiger charge is -2.20. The maximum atomic E-state index is 6.24. The van der Waals surface area contributed by atoms with Crippen LogP contribution in [0.5, 0.6) is 5.75 Å². The van der Waals surface area contributed by atoms with Gasteiger partial charge in [-0.1, -0.05) is 125 Å². The topological polar surface area (TPSA) is 9.23 Å². The van der Waals surface area contributed by atoms with Gasteiger partial charge in [0.1, 0.15) is 5.75 Å². The van der Waals surface area contributed by atoms with E-state index < -0.39 is 0 Å². The van der Waals surface area contributed by atoms with Crippen molar-refractivity contribution in [2.24, 2.45) is 0 Å². The van der Waals surface area contributed by atoms with Crippen LogP contribution in [-0.2, 0) is 0 Å². The molecular weight excluding hydrogens is 444 g/mol. The maximum absolute atomic E-state index is 6.24. The molecule has 0 bridgehead atoms. The molecule has 0 aliphatic heterocycles. The van der Waals surface area contributed by atoms with Crippen LogP contribution in [0, 0.1) is 0 Å². The number of halogens is 1. The average molecular weight is 469 g/mol. The summed E-state index contributed by atoms with van der Waals surface area (Å²) in [7, 11) is 0. The Morgan fingerprint density at radius 3 is 1.52 bits per heavy atom. The predicted octanol–water partition coefficient (Wildman–Crippen LogP) is 7.86. The largest absolute Gasteiger partial charge is 0.493 e. The van der Waals surface area contributed by atoms with Crippen LogP contribution in [0.3, 0.4) is 0 Å². The number of hydrogen-bond acceptors (Lipinski definition) is 1. The second-order valence-corrected chi connectivity index (χ2v) is 8.03. The summed E-state index contributed by atoms with van der Waals surface area (Å²) in [6.45, 7) is 0.677. The van der Waals surface area contributed by atoms with Crippen molar-refractivity contribution in [3.8, 4) is 5.75 Å². The van der Waals surface area contributed by atoms with E-state index in [1.165, 1.54) is 27.8 Å². The number of benzene rings is 4. The van der Waals surface area contributed by atoms with Gasteiger partial charge in [-0.2, -0.15) is 0 Å². The molecule has 0 aliphatic rings. The Morgan fingerprint density at radius 1 is 0.548 bits per heavy atom. The molecule has 4 rings (SSSR count). The Kier molecular flexibility index (Phi) is 7.36. The standard InChI is InChI=1S/C29H25BrO/c30-21-12-22-31-27-20-11-10-19-26(27)29(25-17-8-3-9-18-25)28(23-13-4-1-5-14-23)24-15-6-2-7-16-24/h1-11,13-20H,12,21-22H2. The lowest BCUT2D eigenvalue weighted by molar-refractivity contribution is 0.318. The normalized spacial score (nSPS) is 10.5. The molecular formula is C29H25BrO. The van der Waals surface area contributed by atoms with Crippen LogP contribution in [0.15, 0.2) is 115 Å². The number of rotatable bonds is 8. The highest BCUT2D eigenvalue weighted by atomic mass is 79.9. The van der Waals surface area contributed by atoms with Crippen molar-refractivity contribution in [1.29, 1.82) is 0 Å². The zero-order valence-corrected chi connectivity index (χ0v) is 19.0. The minimum atomic E-state index is 0.677. The highest BCUT2D eigenvalue weighted by molar-refractivity contribution is 9.09. The van der Waals surface area contributed by atoms with Gasteiger partial charge >= 0.3 is 0 Å². The number of hydrogen-bond donors (Lipinski definition) is 0. The van der Waals surface area contributed by atoms with Crippen molar-refractivity contribution in [2.75, 3.05) is 11.9 Å². The van der Waals surface area contributed by atoms with E-state index in [0.717, 1.165) is 23.1 Å². The van der Waals surface area contributed by atoms with Gasteiger partial charge in [-0.25, -0.2) is 0 Å². The SMILES string of the molecule is BrCCCOc1ccccc1C(=C(c1ccccc1)c1ccccc1)c1ccccc1. The summed E-state index contributed by atoms with van der Waals surface area (Å²) < 4.78 is 6.24. The molecule has 4 aromatic rings. The Labute approximate surface area is 193 Å². The Morgan fingerprint density at radius 2 is 1.00 bits per heavy atom. The van der Waals surface area contributed by atoms with Crippen molar-refractivity contribution < 1.29 is 4.74 Å². The van der Waals surface area contributed by atoms with Gasteiger partial charge < -0.3 is 4.74 Å². The lowest BCUT2D eigenvalue weighted by atomic mass is 9.85. The molecule has 0 saturated heterocycles. The highest BCUT2D eigenvalue weighted by Crippen LogP contribution is 2.40. The van der Waals surface area contributed by atoms with E-state index in [4.69, 9.17) is 4.74 Å². The van der Waals surface area contributed by atoms with E-state index in [-0.39, 0.29) is 0 Å². The van der Waals surface area contributed by atoms with E-state index >= 15 is 0 Å². The van der Waals surface area contributed by atoms with Crippen molar-refractivity contribution in [2.45, 2.75) is 6.42 Å². The van der Waals surface area contributed by atoms with E-state index in [2.05, 4.69) is 125 Å². The summed E-state index contributed by atoms with van der Waals surface area (Å²) in [4.78, 5) is 0. The quantitative estimate of drug-likeness (QED) is 0.145. The summed E-state index contributed by atoms with van der Waals surface area (Å²) in [6, 6.07) is 40.2. The third-order valence-corrected chi connectivity index (χ3v) is 5.69. The minimum Gasteiger partial charge on any atom is -0.493 e. The summed E-state index contributed by atoms with van der Waals surface area (Å²) in [5.74, 6) is 0.909. The molecule has 4 aromatic carbocycles. The highest BCUT2D eigenvalue weighted by Gasteiger charge is 2.18. The Balaban J connectivity index is 2.02. The number of para-hydroxylation sites is 1. The fourth-order valence-corrected chi connectivity index (χ4v) is 3.97. The van der Waals surface area contributed by atoms with Gasteiger partial charge in [-0.05, 0) is 34.8 Å². The summed E-state index contributed by atoms with van der Waals surface area (Å²) in [5.41, 5.74) is 7.01. The van der Waals surface area contributed by atoms with Gasteiger partial charge in [0, 0.05) is 16.5 Å². The molecule has 31 heavy (non-hydrogen) atoms. The van der Waals surface area contributed by atoms with Crippen LogP contribution >= 0.6 is 15.9 Å². The third kappa shape index (κ3) is 5.15. The van der Waals surface area contributed by atoms with Crippen LogP contribution in [0.4, 0.5) is 0 Å². The summed E-state index contributed by atoms with van der Waals surface area (Å²) in [6.07, 6.45) is 0.961. The second-order valence-electron chi connectivity index (χ2n) is 7.24. The van der Waals surface area contributed by atoms with Gasteiger partial charge in [0.2, 0.25) is 0 Å². The molecule has 154 valence electrons. The zero-order valence-electron chi connectivity index (χ0n) is 17.4. The fraction of sp³-hybridized carbons (Fsp3) is 0.103. The Hall–Kier alpha value is -3.10. The van der Waals surface area contributed by atoms with Gasteiger partial charge in [0.05, 0.1) is 6.61 Å². The summed E-state index contributed by atoms with van der Waals surface area (Å²) >= 11 is 3.50. The van der Waals surface area contributed by atoms with Gasteiger partial charge in [-0.15, -0.1) is 0 Å². The van der Waals surface area contributed by atoms with Crippen LogP contribution in [0.25, 0.3) is 11.1 Å². The first-order valence-electron chi connectivity index (χ1n) is 10.6. The fourth-order valence-electron chi connectivity index (χ4n) is 3.74. The van der Waals surface area contributed by atoms with E-state index in [1.54, 1.807) is 0 Å². The molecule has 0 N–H and O–H groups in total. The smallest absolute Gasteiger partial charge is 0.127 e. The molecule has 0 spiro atoms. The van der Waals surface area contributed by atoms with Crippen molar-refractivity contribution in [3.63, 3.8) is 0 Å². The molecule has 2 heteroatoms. The van der Waals surface area contributed by atoms with Crippen molar-refractivity contribution in [1.82, 2.24) is 0 Å². The average Bonchev–Trinajstić information content (AvgIpc) is 2.85. The zero-order chi connectivity index (χ0) is 21.3. The molecule has 0 fully saturated rings. The maximum Gasteiger partial charge on any atom is 0.127 e. The molecule has 0 atom stereocenters. The molecule has 0 aromatic heterocycles. The minimum absolute atomic E-state index is 0.677. The molecule has 1 nitrogen and oxygen atoms in total. The summed E-state index contributed by atoms with van der Waals surface area (Å²) in [5, 5.41) is 0.926. The predicted molar refractivity (Wildman–Crippen MR) is 135 cm³/mol. The Bertz CT molecular complexity index is 1080. The van der Waals surface area contributed by atoms with Crippen LogP contribution in [-0.4, -0.2) is 11.9 Å². The van der Waals surface area contributed by atoms with Gasteiger partial charge in [-0.3, -0.25) is 0 Å². The third-order valence-electron chi connectivity index (χ3n) is 5.13. The van der Waals surface area contributed by atoms with Crippen molar-refractivity contribution in [3.05, 3.63) is 138 Å². The first kappa shape index (κ1) is 21.1. The molecule has 0 amide bonds. The molecule has 0 aliphatic carbocycles. The van der Waals surface area contributed by atoms with E-state index in [9.17, 15) is 0 Å². The van der Waals surface area contributed by atoms with E-state index in [1.807, 2.05) is 6.07 Å². The monoisotopic (exact) mass is 468 g/mol. The second kappa shape index (κ2) is 10.8. The molecule has 0 radical (unpaired) electrons. The first-order chi connectivity index (χ1) is 15.4. The first-order valence-corrected chi connectivity index (χ1v) is 11.7. The van der Waals surface area contributed by atoms with Gasteiger partial charge in [0.25, 0.3) is 0 Å². The molecule has 0 unspecified atom stereocenters.